The molecule has 0 spiro atoms. The first-order valence-corrected chi connectivity index (χ1v) is 11.3. The molecular formula is C21H21F3N2O6S. The minimum absolute atomic E-state index is 0.0249. The fraction of sp³-hybridized carbons (Fsp3) is 0.333. The summed E-state index contributed by atoms with van der Waals surface area (Å²) >= 11 is 0. The number of nitrogens with zero attached hydrogens (tertiary/aromatic N) is 1. The highest BCUT2D eigenvalue weighted by molar-refractivity contribution is 7.93. The molecule has 2 amide bonds. The monoisotopic (exact) mass is 486 g/mol. The van der Waals surface area contributed by atoms with Crippen LogP contribution in [0.3, 0.4) is 0 Å². The Kier molecular flexibility index (Phi) is 6.70. The van der Waals surface area contributed by atoms with Crippen molar-refractivity contribution in [1.82, 2.24) is 10.4 Å². The summed E-state index contributed by atoms with van der Waals surface area (Å²) in [6, 6.07) is 9.02. The van der Waals surface area contributed by atoms with E-state index in [9.17, 15) is 36.4 Å². The molecule has 2 N–H and O–H groups in total. The molecule has 0 aromatic heterocycles. The summed E-state index contributed by atoms with van der Waals surface area (Å²) in [4.78, 5) is 25.2. The first-order valence-electron chi connectivity index (χ1n) is 9.80. The van der Waals surface area contributed by atoms with Crippen LogP contribution in [-0.2, 0) is 25.6 Å². The lowest BCUT2D eigenvalue weighted by molar-refractivity contribution is -0.137. The molecule has 1 aliphatic rings. The number of carbonyl (C=O) groups is 2. The Hall–Kier alpha value is -3.12. The number of hydroxylamine groups is 1. The molecule has 3 rings (SSSR count). The van der Waals surface area contributed by atoms with Gasteiger partial charge in [-0.15, -0.1) is 0 Å². The average Bonchev–Trinajstić information content (AvgIpc) is 2.78. The molecule has 8 nitrogen and oxygen atoms in total. The van der Waals surface area contributed by atoms with Crippen LogP contribution in [0.25, 0.3) is 0 Å². The zero-order valence-electron chi connectivity index (χ0n) is 17.4. The molecule has 0 bridgehead atoms. The Balaban J connectivity index is 1.83. The molecule has 178 valence electrons. The Bertz CT molecular complexity index is 1120. The lowest BCUT2D eigenvalue weighted by Crippen LogP contribution is -2.58. The number of sulfone groups is 1. The first kappa shape index (κ1) is 24.5. The molecular weight excluding hydrogens is 465 g/mol. The van der Waals surface area contributed by atoms with Crippen LogP contribution in [-0.4, -0.2) is 48.2 Å². The van der Waals surface area contributed by atoms with E-state index < -0.39 is 32.2 Å². The molecule has 2 aromatic carbocycles. The van der Waals surface area contributed by atoms with Crippen molar-refractivity contribution in [3.8, 4) is 11.5 Å². The second-order valence-corrected chi connectivity index (χ2v) is 9.80. The van der Waals surface area contributed by atoms with Gasteiger partial charge < -0.3 is 9.64 Å². The van der Waals surface area contributed by atoms with Gasteiger partial charge in [-0.3, -0.25) is 14.8 Å². The number of nitrogens with one attached hydrogen (secondary N) is 1. The minimum atomic E-state index is -4.48. The summed E-state index contributed by atoms with van der Waals surface area (Å²) in [5, 5.41) is 9.18. The highest BCUT2D eigenvalue weighted by Gasteiger charge is 2.53. The van der Waals surface area contributed by atoms with Crippen LogP contribution in [0.4, 0.5) is 13.2 Å². The quantitative estimate of drug-likeness (QED) is 0.496. The summed E-state index contributed by atoms with van der Waals surface area (Å²) in [6.07, 6.45) is -4.89. The van der Waals surface area contributed by atoms with E-state index >= 15 is 0 Å². The van der Waals surface area contributed by atoms with Gasteiger partial charge in [-0.1, -0.05) is 0 Å². The zero-order valence-corrected chi connectivity index (χ0v) is 18.2. The van der Waals surface area contributed by atoms with Gasteiger partial charge >= 0.3 is 6.18 Å². The molecule has 0 saturated carbocycles. The highest BCUT2D eigenvalue weighted by atomic mass is 32.2. The Morgan fingerprint density at radius 1 is 1.00 bits per heavy atom. The maximum atomic E-state index is 13.4. The second-order valence-electron chi connectivity index (χ2n) is 7.54. The molecule has 0 unspecified atom stereocenters. The van der Waals surface area contributed by atoms with E-state index in [-0.39, 0.29) is 48.2 Å². The fourth-order valence-electron chi connectivity index (χ4n) is 3.66. The minimum Gasteiger partial charge on any atom is -0.457 e. The molecule has 2 aromatic rings. The van der Waals surface area contributed by atoms with Crippen LogP contribution < -0.4 is 10.2 Å². The molecule has 0 aliphatic carbocycles. The summed E-state index contributed by atoms with van der Waals surface area (Å²) < 4.78 is 68.2. The number of piperidine rings is 1. The Morgan fingerprint density at radius 3 is 1.91 bits per heavy atom. The summed E-state index contributed by atoms with van der Waals surface area (Å²) in [6.45, 7) is 1.39. The summed E-state index contributed by atoms with van der Waals surface area (Å²) in [7, 11) is -4.29. The smallest absolute Gasteiger partial charge is 0.416 e. The van der Waals surface area contributed by atoms with Crippen molar-refractivity contribution >= 4 is 21.7 Å². The van der Waals surface area contributed by atoms with Crippen molar-refractivity contribution in [2.45, 2.75) is 35.6 Å². The first-order chi connectivity index (χ1) is 15.4. The van der Waals surface area contributed by atoms with Gasteiger partial charge in [0.25, 0.3) is 5.91 Å². The normalized spacial score (nSPS) is 16.2. The van der Waals surface area contributed by atoms with Gasteiger partial charge in [0.1, 0.15) is 11.5 Å². The lowest BCUT2D eigenvalue weighted by atomic mass is 9.95. The maximum absolute atomic E-state index is 13.4. The summed E-state index contributed by atoms with van der Waals surface area (Å²) in [5.41, 5.74) is 0.595. The van der Waals surface area contributed by atoms with Gasteiger partial charge in [-0.2, -0.15) is 13.2 Å². The van der Waals surface area contributed by atoms with Crippen LogP contribution in [0.15, 0.2) is 53.4 Å². The third-order valence-corrected chi connectivity index (χ3v) is 8.11. The fourth-order valence-corrected chi connectivity index (χ4v) is 5.62. The van der Waals surface area contributed by atoms with Crippen molar-refractivity contribution in [3.63, 3.8) is 0 Å². The van der Waals surface area contributed by atoms with Crippen molar-refractivity contribution in [1.29, 1.82) is 0 Å². The van der Waals surface area contributed by atoms with Crippen LogP contribution in [0.1, 0.15) is 25.3 Å². The van der Waals surface area contributed by atoms with E-state index in [2.05, 4.69) is 0 Å². The third kappa shape index (κ3) is 4.81. The molecule has 0 atom stereocenters. The zero-order chi connectivity index (χ0) is 24.4. The van der Waals surface area contributed by atoms with Crippen LogP contribution in [0.2, 0.25) is 0 Å². The lowest BCUT2D eigenvalue weighted by Gasteiger charge is -2.39. The highest BCUT2D eigenvalue weighted by Crippen LogP contribution is 2.37. The molecule has 33 heavy (non-hydrogen) atoms. The standard InChI is InChI=1S/C21H21F3N2O6S/c1-14(27)26-12-10-20(11-13-26,19(28)25-29)33(30,31)18-8-6-17(7-9-18)32-16-4-2-15(3-5-16)21(22,23)24/h2-9,29H,10-13H2,1H3,(H,25,28). The maximum Gasteiger partial charge on any atom is 0.416 e. The number of hydrogen-bond acceptors (Lipinski definition) is 6. The number of alkyl halides is 3. The van der Waals surface area contributed by atoms with Gasteiger partial charge in [0.15, 0.2) is 14.6 Å². The second kappa shape index (κ2) is 9.02. The van der Waals surface area contributed by atoms with E-state index in [1.807, 2.05) is 0 Å². The van der Waals surface area contributed by atoms with Crippen molar-refractivity contribution in [2.24, 2.45) is 0 Å². The van der Waals surface area contributed by atoms with E-state index in [0.717, 1.165) is 24.3 Å². The Morgan fingerprint density at radius 2 is 1.48 bits per heavy atom. The van der Waals surface area contributed by atoms with Crippen LogP contribution in [0.5, 0.6) is 11.5 Å². The van der Waals surface area contributed by atoms with Crippen molar-refractivity contribution in [3.05, 3.63) is 54.1 Å². The molecule has 12 heteroatoms. The molecule has 1 aliphatic heterocycles. The number of ether oxygens (including phenoxy) is 1. The molecule has 1 saturated heterocycles. The number of benzene rings is 2. The molecule has 1 heterocycles. The van der Waals surface area contributed by atoms with Crippen molar-refractivity contribution in [2.75, 3.05) is 13.1 Å². The van der Waals surface area contributed by atoms with Gasteiger partial charge in [-0.25, -0.2) is 13.9 Å². The summed E-state index contributed by atoms with van der Waals surface area (Å²) in [5.74, 6) is -1.06. The van der Waals surface area contributed by atoms with E-state index in [1.54, 1.807) is 0 Å². The van der Waals surface area contributed by atoms with E-state index in [1.165, 1.54) is 41.6 Å². The number of carbonyl (C=O) groups excluding carboxylic acids is 2. The number of hydrogen-bond donors (Lipinski definition) is 2. The topological polar surface area (TPSA) is 113 Å². The average molecular weight is 486 g/mol. The third-order valence-electron chi connectivity index (χ3n) is 5.60. The van der Waals surface area contributed by atoms with Gasteiger partial charge in [0.2, 0.25) is 5.91 Å². The van der Waals surface area contributed by atoms with Crippen LogP contribution >= 0.6 is 0 Å². The van der Waals surface area contributed by atoms with Crippen molar-refractivity contribution < 1.29 is 41.1 Å². The predicted molar refractivity (Wildman–Crippen MR) is 109 cm³/mol. The van der Waals surface area contributed by atoms with Crippen LogP contribution in [0, 0.1) is 0 Å². The largest absolute Gasteiger partial charge is 0.457 e. The SMILES string of the molecule is CC(=O)N1CCC(C(=O)NO)(S(=O)(=O)c2ccc(Oc3ccc(C(F)(F)F)cc3)cc2)CC1. The van der Waals surface area contributed by atoms with Gasteiger partial charge in [-0.05, 0) is 61.4 Å². The number of amides is 2. The van der Waals surface area contributed by atoms with E-state index in [0.29, 0.717) is 0 Å². The van der Waals surface area contributed by atoms with Gasteiger partial charge in [0.05, 0.1) is 10.5 Å². The van der Waals surface area contributed by atoms with E-state index in [4.69, 9.17) is 4.74 Å². The predicted octanol–water partition coefficient (Wildman–Crippen LogP) is 3.16. The van der Waals surface area contributed by atoms with Gasteiger partial charge in [0, 0.05) is 20.0 Å². The molecule has 0 radical (unpaired) electrons. The number of likely N-dealkylation sites (tertiary alicyclic amines) is 1. The number of halogens is 3. The molecule has 1 fully saturated rings. The number of rotatable bonds is 5. The Labute approximate surface area is 187 Å².